The molecule has 0 fully saturated rings. The van der Waals surface area contributed by atoms with Crippen LogP contribution in [0.4, 0.5) is 0 Å². The molecular formula is C9H5BrClIS2. The molecule has 0 radical (unpaired) electrons. The van der Waals surface area contributed by atoms with Gasteiger partial charge in [0.2, 0.25) is 0 Å². The predicted octanol–water partition coefficient (Wildman–Crippen LogP) is 5.50. The summed E-state index contributed by atoms with van der Waals surface area (Å²) in [6, 6.07) is 4.17. The van der Waals surface area contributed by atoms with E-state index in [1.54, 1.807) is 22.7 Å². The van der Waals surface area contributed by atoms with Crippen LogP contribution >= 0.6 is 72.8 Å². The lowest BCUT2D eigenvalue weighted by Crippen LogP contribution is -1.87. The van der Waals surface area contributed by atoms with Gasteiger partial charge in [0.05, 0.1) is 8.26 Å². The first-order valence-electron chi connectivity index (χ1n) is 3.79. The molecule has 0 bridgehead atoms. The number of hydrogen-bond acceptors (Lipinski definition) is 2. The van der Waals surface area contributed by atoms with Crippen molar-refractivity contribution < 1.29 is 0 Å². The van der Waals surface area contributed by atoms with E-state index in [9.17, 15) is 0 Å². The van der Waals surface area contributed by atoms with Crippen LogP contribution in [-0.2, 0) is 0 Å². The Hall–Kier alpha value is 0.900. The highest BCUT2D eigenvalue weighted by atomic mass is 127. The monoisotopic (exact) mass is 418 g/mol. The van der Waals surface area contributed by atoms with E-state index >= 15 is 0 Å². The fraction of sp³-hybridized carbons (Fsp3) is 0.111. The lowest BCUT2D eigenvalue weighted by atomic mass is 10.2. The molecule has 0 saturated carbocycles. The van der Waals surface area contributed by atoms with Gasteiger partial charge in [-0.05, 0) is 67.0 Å². The van der Waals surface area contributed by atoms with Gasteiger partial charge in [-0.1, -0.05) is 0 Å². The second-order valence-electron chi connectivity index (χ2n) is 2.68. The smallest absolute Gasteiger partial charge is 0.0947 e. The highest BCUT2D eigenvalue weighted by Crippen LogP contribution is 2.39. The number of alkyl halides is 1. The minimum Gasteiger partial charge on any atom is -0.146 e. The van der Waals surface area contributed by atoms with Crippen molar-refractivity contribution in [3.8, 4) is 0 Å². The molecule has 0 N–H and O–H groups in total. The van der Waals surface area contributed by atoms with Crippen molar-refractivity contribution in [1.29, 1.82) is 0 Å². The Labute approximate surface area is 118 Å². The molecule has 2 aromatic heterocycles. The largest absolute Gasteiger partial charge is 0.146 e. The minimum absolute atomic E-state index is 0.0239. The molecular weight excluding hydrogens is 414 g/mol. The third kappa shape index (κ3) is 2.35. The van der Waals surface area contributed by atoms with E-state index < -0.39 is 0 Å². The molecule has 0 aliphatic carbocycles. The number of hydrogen-bond donors (Lipinski definition) is 0. The van der Waals surface area contributed by atoms with E-state index in [1.165, 1.54) is 13.3 Å². The zero-order valence-corrected chi connectivity index (χ0v) is 13.0. The van der Waals surface area contributed by atoms with Crippen LogP contribution in [-0.4, -0.2) is 0 Å². The molecule has 14 heavy (non-hydrogen) atoms. The molecule has 2 rings (SSSR count). The lowest BCUT2D eigenvalue weighted by molar-refractivity contribution is 1.19. The normalized spacial score (nSPS) is 13.1. The predicted molar refractivity (Wildman–Crippen MR) is 76.8 cm³/mol. The summed E-state index contributed by atoms with van der Waals surface area (Å²) in [7, 11) is 0. The average molecular weight is 420 g/mol. The van der Waals surface area contributed by atoms with E-state index in [4.69, 9.17) is 11.6 Å². The van der Waals surface area contributed by atoms with E-state index in [1.807, 2.05) is 11.4 Å². The Kier molecular flexibility index (Phi) is 3.92. The van der Waals surface area contributed by atoms with Gasteiger partial charge in [-0.2, -0.15) is 0 Å². The molecule has 0 aromatic carbocycles. The Morgan fingerprint density at radius 3 is 2.71 bits per heavy atom. The number of rotatable bonds is 2. The van der Waals surface area contributed by atoms with Gasteiger partial charge >= 0.3 is 0 Å². The van der Waals surface area contributed by atoms with Gasteiger partial charge in [-0.25, -0.2) is 0 Å². The van der Waals surface area contributed by atoms with Crippen LogP contribution in [0.15, 0.2) is 27.4 Å². The first kappa shape index (κ1) is 11.4. The second-order valence-corrected chi connectivity index (χ2v) is 7.72. The fourth-order valence-electron chi connectivity index (χ4n) is 1.09. The van der Waals surface area contributed by atoms with E-state index in [2.05, 4.69) is 50.0 Å². The summed E-state index contributed by atoms with van der Waals surface area (Å²) in [6.07, 6.45) is 0. The van der Waals surface area contributed by atoms with E-state index in [-0.39, 0.29) is 5.38 Å². The quantitative estimate of drug-likeness (QED) is 0.445. The first-order valence-corrected chi connectivity index (χ1v) is 7.86. The van der Waals surface area contributed by atoms with Gasteiger partial charge in [0.25, 0.3) is 0 Å². The Bertz CT molecular complexity index is 437. The fourth-order valence-corrected chi connectivity index (χ4v) is 4.70. The van der Waals surface area contributed by atoms with Crippen molar-refractivity contribution in [2.45, 2.75) is 5.38 Å². The minimum atomic E-state index is -0.0239. The third-order valence-electron chi connectivity index (χ3n) is 1.76. The van der Waals surface area contributed by atoms with Crippen LogP contribution in [0.25, 0.3) is 0 Å². The zero-order valence-electron chi connectivity index (χ0n) is 6.84. The van der Waals surface area contributed by atoms with Crippen molar-refractivity contribution in [3.63, 3.8) is 0 Å². The summed E-state index contributed by atoms with van der Waals surface area (Å²) >= 11 is 15.6. The third-order valence-corrected chi connectivity index (χ3v) is 6.10. The van der Waals surface area contributed by atoms with Crippen LogP contribution in [0.2, 0.25) is 0 Å². The van der Waals surface area contributed by atoms with Crippen molar-refractivity contribution in [2.24, 2.45) is 0 Å². The van der Waals surface area contributed by atoms with Crippen molar-refractivity contribution in [3.05, 3.63) is 40.7 Å². The van der Waals surface area contributed by atoms with Gasteiger partial charge in [0.15, 0.2) is 0 Å². The lowest BCUT2D eigenvalue weighted by Gasteiger charge is -2.05. The van der Waals surface area contributed by atoms with Gasteiger partial charge in [0, 0.05) is 9.35 Å². The highest BCUT2D eigenvalue weighted by molar-refractivity contribution is 14.1. The van der Waals surface area contributed by atoms with Crippen LogP contribution in [0.5, 0.6) is 0 Å². The standard InChI is InChI=1S/C9H5BrClIS2/c10-6-1-2-13-9(6)8(11)5-3-7(12)14-4-5/h1-4,8H. The maximum absolute atomic E-state index is 6.38. The topological polar surface area (TPSA) is 0 Å². The molecule has 1 unspecified atom stereocenters. The maximum Gasteiger partial charge on any atom is 0.0947 e. The van der Waals surface area contributed by atoms with Gasteiger partial charge in [-0.15, -0.1) is 34.3 Å². The summed E-state index contributed by atoms with van der Waals surface area (Å²) in [5.41, 5.74) is 1.18. The zero-order chi connectivity index (χ0) is 10.1. The molecule has 0 spiro atoms. The summed E-state index contributed by atoms with van der Waals surface area (Å²) in [5.74, 6) is 0. The van der Waals surface area contributed by atoms with Gasteiger partial charge in [-0.3, -0.25) is 0 Å². The van der Waals surface area contributed by atoms with Gasteiger partial charge < -0.3 is 0 Å². The van der Waals surface area contributed by atoms with Crippen LogP contribution in [0.1, 0.15) is 15.8 Å². The number of thiophene rings is 2. The van der Waals surface area contributed by atoms with Crippen LogP contribution in [0.3, 0.4) is 0 Å². The Morgan fingerprint density at radius 2 is 2.21 bits per heavy atom. The first-order chi connectivity index (χ1) is 6.68. The summed E-state index contributed by atoms with van der Waals surface area (Å²) in [4.78, 5) is 1.18. The maximum atomic E-state index is 6.38. The molecule has 74 valence electrons. The van der Waals surface area contributed by atoms with Crippen molar-refractivity contribution >= 4 is 72.8 Å². The molecule has 2 aromatic rings. The molecule has 0 nitrogen and oxygen atoms in total. The highest BCUT2D eigenvalue weighted by Gasteiger charge is 2.16. The SMILES string of the molecule is ClC(c1csc(I)c1)c1sccc1Br. The summed E-state index contributed by atoms with van der Waals surface area (Å²) in [5, 5.41) is 4.14. The molecule has 0 saturated heterocycles. The Balaban J connectivity index is 2.33. The Morgan fingerprint density at radius 1 is 1.43 bits per heavy atom. The molecule has 0 amide bonds. The van der Waals surface area contributed by atoms with Crippen molar-refractivity contribution in [1.82, 2.24) is 0 Å². The number of halogens is 3. The molecule has 2 heterocycles. The van der Waals surface area contributed by atoms with Crippen LogP contribution < -0.4 is 0 Å². The summed E-state index contributed by atoms with van der Waals surface area (Å²) < 4.78 is 2.37. The molecule has 0 aliphatic heterocycles. The van der Waals surface area contributed by atoms with E-state index in [0.29, 0.717) is 0 Å². The molecule has 0 aliphatic rings. The van der Waals surface area contributed by atoms with Crippen LogP contribution in [0, 0.1) is 2.88 Å². The molecule has 1 atom stereocenters. The second kappa shape index (κ2) is 4.82. The average Bonchev–Trinajstić information content (AvgIpc) is 2.73. The summed E-state index contributed by atoms with van der Waals surface area (Å²) in [6.45, 7) is 0. The molecule has 5 heteroatoms. The van der Waals surface area contributed by atoms with E-state index in [0.717, 1.165) is 4.47 Å². The van der Waals surface area contributed by atoms with Crippen molar-refractivity contribution in [2.75, 3.05) is 0 Å². The van der Waals surface area contributed by atoms with Gasteiger partial charge in [0.1, 0.15) is 0 Å².